The number of para-hydroxylation sites is 1. The molecule has 0 bridgehead atoms. The molecule has 2 atom stereocenters. The van der Waals surface area contributed by atoms with Crippen LogP contribution >= 0.6 is 0 Å². The molecule has 1 heterocycles. The third-order valence-corrected chi connectivity index (χ3v) is 6.24. The highest BCUT2D eigenvalue weighted by Crippen LogP contribution is 2.57. The number of aromatic hydroxyl groups is 3. The van der Waals surface area contributed by atoms with E-state index in [0.717, 1.165) is 18.4 Å². The Hall–Kier alpha value is -2.95. The second-order valence-electron chi connectivity index (χ2n) is 8.64. The lowest BCUT2D eigenvalue weighted by Gasteiger charge is -2.28. The Morgan fingerprint density at radius 1 is 1.21 bits per heavy atom. The van der Waals surface area contributed by atoms with Crippen molar-refractivity contribution in [1.29, 1.82) is 0 Å². The number of benzene rings is 2. The molecule has 0 aliphatic heterocycles. The van der Waals surface area contributed by atoms with Crippen LogP contribution in [0.25, 0.3) is 21.9 Å². The minimum absolute atomic E-state index is 0.0282. The van der Waals surface area contributed by atoms with E-state index in [-0.39, 0.29) is 50.5 Å². The van der Waals surface area contributed by atoms with Crippen molar-refractivity contribution in [2.45, 2.75) is 39.5 Å². The second kappa shape index (κ2) is 6.03. The van der Waals surface area contributed by atoms with Crippen molar-refractivity contribution >= 4 is 21.9 Å². The molecule has 1 aliphatic rings. The zero-order chi connectivity index (χ0) is 20.4. The molecule has 1 aliphatic carbocycles. The van der Waals surface area contributed by atoms with Gasteiger partial charge in [0, 0.05) is 11.6 Å². The van der Waals surface area contributed by atoms with Crippen LogP contribution < -0.4 is 5.43 Å². The summed E-state index contributed by atoms with van der Waals surface area (Å²) in [4.78, 5) is 13.0. The van der Waals surface area contributed by atoms with Gasteiger partial charge in [0.2, 0.25) is 5.43 Å². The maximum Gasteiger partial charge on any atom is 0.204 e. The van der Waals surface area contributed by atoms with E-state index in [1.54, 1.807) is 12.1 Å². The minimum atomic E-state index is -0.432. The van der Waals surface area contributed by atoms with Crippen LogP contribution in [0.4, 0.5) is 0 Å². The van der Waals surface area contributed by atoms with E-state index < -0.39 is 5.43 Å². The summed E-state index contributed by atoms with van der Waals surface area (Å²) in [7, 11) is 0. The van der Waals surface area contributed by atoms with E-state index in [0.29, 0.717) is 11.5 Å². The first-order chi connectivity index (χ1) is 13.1. The Labute approximate surface area is 162 Å². The Kier molecular flexibility index (Phi) is 3.96. The van der Waals surface area contributed by atoms with Gasteiger partial charge in [-0.15, -0.1) is 0 Å². The van der Waals surface area contributed by atoms with Gasteiger partial charge in [-0.25, -0.2) is 0 Å². The topological polar surface area (TPSA) is 90.9 Å². The van der Waals surface area contributed by atoms with E-state index in [2.05, 4.69) is 20.4 Å². The normalized spacial score (nSPS) is 21.4. The van der Waals surface area contributed by atoms with Crippen LogP contribution in [-0.2, 0) is 0 Å². The van der Waals surface area contributed by atoms with Crippen LogP contribution in [0.1, 0.15) is 45.1 Å². The highest BCUT2D eigenvalue weighted by Gasteiger charge is 2.44. The Morgan fingerprint density at radius 2 is 1.93 bits per heavy atom. The smallest absolute Gasteiger partial charge is 0.204 e. The van der Waals surface area contributed by atoms with Crippen LogP contribution in [0.5, 0.6) is 17.2 Å². The van der Waals surface area contributed by atoms with Gasteiger partial charge in [0.25, 0.3) is 0 Å². The van der Waals surface area contributed by atoms with Crippen molar-refractivity contribution in [3.8, 4) is 17.2 Å². The summed E-state index contributed by atoms with van der Waals surface area (Å²) in [6.07, 6.45) is 1.64. The lowest BCUT2D eigenvalue weighted by Crippen LogP contribution is -2.16. The van der Waals surface area contributed by atoms with Crippen molar-refractivity contribution in [3.63, 3.8) is 0 Å². The quantitative estimate of drug-likeness (QED) is 0.422. The number of phenols is 3. The monoisotopic (exact) mass is 380 g/mol. The second-order valence-corrected chi connectivity index (χ2v) is 8.64. The van der Waals surface area contributed by atoms with Crippen molar-refractivity contribution < 1.29 is 19.7 Å². The highest BCUT2D eigenvalue weighted by atomic mass is 16.4. The van der Waals surface area contributed by atoms with E-state index in [9.17, 15) is 20.1 Å². The highest BCUT2D eigenvalue weighted by molar-refractivity contribution is 5.96. The third-order valence-electron chi connectivity index (χ3n) is 6.24. The molecule has 5 heteroatoms. The van der Waals surface area contributed by atoms with Gasteiger partial charge >= 0.3 is 0 Å². The average molecular weight is 380 g/mol. The van der Waals surface area contributed by atoms with Crippen LogP contribution in [0, 0.1) is 11.3 Å². The molecule has 1 aromatic heterocycles. The molecule has 1 fully saturated rings. The maximum atomic E-state index is 13.0. The maximum absolute atomic E-state index is 13.0. The first-order valence-electron chi connectivity index (χ1n) is 9.40. The van der Waals surface area contributed by atoms with E-state index >= 15 is 0 Å². The molecule has 28 heavy (non-hydrogen) atoms. The molecule has 146 valence electrons. The van der Waals surface area contributed by atoms with Gasteiger partial charge in [0.05, 0.1) is 5.39 Å². The number of hydrogen-bond acceptors (Lipinski definition) is 5. The van der Waals surface area contributed by atoms with Gasteiger partial charge in [-0.05, 0) is 49.1 Å². The predicted molar refractivity (Wildman–Crippen MR) is 109 cm³/mol. The van der Waals surface area contributed by atoms with Crippen LogP contribution in [-0.4, -0.2) is 15.3 Å². The number of allylic oxidation sites excluding steroid dienone is 1. The molecule has 0 radical (unpaired) electrons. The molecule has 2 aromatic carbocycles. The molecular formula is C23H24O5. The molecule has 0 unspecified atom stereocenters. The molecule has 0 spiro atoms. The van der Waals surface area contributed by atoms with Gasteiger partial charge in [0.1, 0.15) is 22.5 Å². The lowest BCUT2D eigenvalue weighted by atomic mass is 9.76. The van der Waals surface area contributed by atoms with E-state index in [1.807, 2.05) is 6.92 Å². The summed E-state index contributed by atoms with van der Waals surface area (Å²) < 4.78 is 5.66. The van der Waals surface area contributed by atoms with Crippen molar-refractivity contribution in [3.05, 3.63) is 52.2 Å². The average Bonchev–Trinajstić information content (AvgIpc) is 2.91. The number of phenolic OH excluding ortho intramolecular Hbond substituents is 3. The fourth-order valence-electron chi connectivity index (χ4n) is 4.69. The minimum Gasteiger partial charge on any atom is -0.507 e. The van der Waals surface area contributed by atoms with E-state index in [4.69, 9.17) is 4.42 Å². The van der Waals surface area contributed by atoms with Crippen molar-refractivity contribution in [1.82, 2.24) is 0 Å². The molecule has 0 amide bonds. The first kappa shape index (κ1) is 18.4. The molecular weight excluding hydrogens is 356 g/mol. The molecule has 0 saturated heterocycles. The zero-order valence-corrected chi connectivity index (χ0v) is 16.2. The Balaban J connectivity index is 2.01. The van der Waals surface area contributed by atoms with Crippen molar-refractivity contribution in [2.24, 2.45) is 11.3 Å². The summed E-state index contributed by atoms with van der Waals surface area (Å²) in [5.74, 6) is -0.351. The molecule has 1 saturated carbocycles. The van der Waals surface area contributed by atoms with Gasteiger partial charge in [0.15, 0.2) is 11.3 Å². The summed E-state index contributed by atoms with van der Waals surface area (Å²) in [5.41, 5.74) is 0.935. The number of hydrogen-bond donors (Lipinski definition) is 3. The number of rotatable bonds is 2. The van der Waals surface area contributed by atoms with Gasteiger partial charge in [-0.1, -0.05) is 32.1 Å². The summed E-state index contributed by atoms with van der Waals surface area (Å²) in [5, 5.41) is 32.0. The first-order valence-corrected chi connectivity index (χ1v) is 9.40. The Bertz CT molecular complexity index is 1190. The summed E-state index contributed by atoms with van der Waals surface area (Å²) >= 11 is 0. The predicted octanol–water partition coefficient (Wildman–Crippen LogP) is 5.16. The van der Waals surface area contributed by atoms with Crippen LogP contribution in [0.2, 0.25) is 0 Å². The van der Waals surface area contributed by atoms with Crippen LogP contribution in [0.3, 0.4) is 0 Å². The SMILES string of the molecule is C=C(C)[C@H]1C[C@H](c2c(O)cc3oc4c(O)cccc4c(=O)c3c2O)C(C)(C)C1. The van der Waals surface area contributed by atoms with Gasteiger partial charge in [-0.3, -0.25) is 4.79 Å². The fraction of sp³-hybridized carbons (Fsp3) is 0.348. The Morgan fingerprint density at radius 3 is 2.57 bits per heavy atom. The third kappa shape index (κ3) is 2.57. The summed E-state index contributed by atoms with van der Waals surface area (Å²) in [6, 6.07) is 5.88. The van der Waals surface area contributed by atoms with Crippen molar-refractivity contribution in [2.75, 3.05) is 0 Å². The summed E-state index contributed by atoms with van der Waals surface area (Å²) in [6.45, 7) is 10.3. The van der Waals surface area contributed by atoms with Gasteiger partial charge in [-0.2, -0.15) is 0 Å². The largest absolute Gasteiger partial charge is 0.507 e. The molecule has 3 aromatic rings. The fourth-order valence-corrected chi connectivity index (χ4v) is 4.69. The standard InChI is InChI=1S/C23H24O5/c1-11(2)12-8-14(23(3,4)10-12)18-16(25)9-17-19(21(18)27)20(26)13-6-5-7-15(24)22(13)28-17/h5-7,9,12,14,24-25,27H,1,8,10H2,2-4H3/t12-,14+/m0/s1. The lowest BCUT2D eigenvalue weighted by molar-refractivity contribution is 0.311. The molecule has 4 rings (SSSR count). The molecule has 5 nitrogen and oxygen atoms in total. The van der Waals surface area contributed by atoms with Gasteiger partial charge < -0.3 is 19.7 Å². The van der Waals surface area contributed by atoms with E-state index in [1.165, 1.54) is 12.1 Å². The molecule has 3 N–H and O–H groups in total. The van der Waals surface area contributed by atoms with Crippen LogP contribution in [0.15, 0.2) is 45.6 Å². The zero-order valence-electron chi connectivity index (χ0n) is 16.2. The number of fused-ring (bicyclic) bond motifs is 2.